The highest BCUT2D eigenvalue weighted by atomic mass is 16.5. The van der Waals surface area contributed by atoms with E-state index in [1.807, 2.05) is 20.0 Å². The van der Waals surface area contributed by atoms with Crippen LogP contribution in [0.5, 0.6) is 0 Å². The molecular formula is C12H22N4O. The van der Waals surface area contributed by atoms with Gasteiger partial charge in [0.05, 0.1) is 6.61 Å². The van der Waals surface area contributed by atoms with Crippen LogP contribution in [0.3, 0.4) is 0 Å². The van der Waals surface area contributed by atoms with Crippen molar-refractivity contribution in [3.05, 3.63) is 11.8 Å². The monoisotopic (exact) mass is 238 g/mol. The van der Waals surface area contributed by atoms with Crippen LogP contribution in [0.1, 0.15) is 19.5 Å². The SMILES string of the molecule is CNc1nc(C)cc(N(CCOC)C(C)C)n1. The van der Waals surface area contributed by atoms with Crippen molar-refractivity contribution in [2.75, 3.05) is 37.5 Å². The first-order valence-electron chi connectivity index (χ1n) is 5.87. The molecule has 0 amide bonds. The van der Waals surface area contributed by atoms with Gasteiger partial charge in [-0.25, -0.2) is 4.98 Å². The summed E-state index contributed by atoms with van der Waals surface area (Å²) in [6.45, 7) is 7.78. The van der Waals surface area contributed by atoms with E-state index < -0.39 is 0 Å². The van der Waals surface area contributed by atoms with E-state index in [1.54, 1.807) is 7.11 Å². The van der Waals surface area contributed by atoms with E-state index in [0.717, 1.165) is 18.1 Å². The predicted molar refractivity (Wildman–Crippen MR) is 70.7 cm³/mol. The third-order valence-electron chi connectivity index (χ3n) is 2.52. The molecule has 0 spiro atoms. The van der Waals surface area contributed by atoms with Gasteiger partial charge in [0.2, 0.25) is 5.95 Å². The number of hydrogen-bond acceptors (Lipinski definition) is 5. The molecule has 0 saturated heterocycles. The third-order valence-corrected chi connectivity index (χ3v) is 2.52. The summed E-state index contributed by atoms with van der Waals surface area (Å²) < 4.78 is 5.13. The Hall–Kier alpha value is -1.36. The lowest BCUT2D eigenvalue weighted by Crippen LogP contribution is -2.34. The van der Waals surface area contributed by atoms with E-state index in [4.69, 9.17) is 4.74 Å². The van der Waals surface area contributed by atoms with Crippen LogP contribution in [0, 0.1) is 6.92 Å². The second kappa shape index (κ2) is 6.39. The lowest BCUT2D eigenvalue weighted by atomic mass is 10.3. The maximum atomic E-state index is 5.13. The fraction of sp³-hybridized carbons (Fsp3) is 0.667. The summed E-state index contributed by atoms with van der Waals surface area (Å²) in [7, 11) is 3.54. The van der Waals surface area contributed by atoms with Crippen LogP contribution >= 0.6 is 0 Å². The van der Waals surface area contributed by atoms with Crippen molar-refractivity contribution < 1.29 is 4.74 Å². The van der Waals surface area contributed by atoms with Gasteiger partial charge in [-0.2, -0.15) is 4.98 Å². The number of methoxy groups -OCH3 is 1. The summed E-state index contributed by atoms with van der Waals surface area (Å²) in [4.78, 5) is 11.0. The number of rotatable bonds is 6. The molecular weight excluding hydrogens is 216 g/mol. The Morgan fingerprint density at radius 3 is 2.65 bits per heavy atom. The Labute approximate surface area is 103 Å². The highest BCUT2D eigenvalue weighted by molar-refractivity contribution is 5.45. The van der Waals surface area contributed by atoms with Crippen LogP contribution in [0.25, 0.3) is 0 Å². The minimum atomic E-state index is 0.379. The van der Waals surface area contributed by atoms with Gasteiger partial charge in [-0.1, -0.05) is 0 Å². The van der Waals surface area contributed by atoms with Gasteiger partial charge in [0.1, 0.15) is 5.82 Å². The van der Waals surface area contributed by atoms with Crippen LogP contribution in [0.4, 0.5) is 11.8 Å². The second-order valence-electron chi connectivity index (χ2n) is 4.22. The highest BCUT2D eigenvalue weighted by Crippen LogP contribution is 2.16. The van der Waals surface area contributed by atoms with Crippen LogP contribution in [0.15, 0.2) is 6.07 Å². The molecule has 0 atom stereocenters. The van der Waals surface area contributed by atoms with Gasteiger partial charge in [-0.15, -0.1) is 0 Å². The lowest BCUT2D eigenvalue weighted by molar-refractivity contribution is 0.203. The molecule has 5 heteroatoms. The number of aryl methyl sites for hydroxylation is 1. The van der Waals surface area contributed by atoms with Gasteiger partial charge in [-0.05, 0) is 20.8 Å². The molecule has 1 heterocycles. The molecule has 0 aliphatic heterocycles. The number of anilines is 2. The molecule has 0 saturated carbocycles. The zero-order chi connectivity index (χ0) is 12.8. The van der Waals surface area contributed by atoms with Crippen LogP contribution in [0.2, 0.25) is 0 Å². The van der Waals surface area contributed by atoms with Crippen molar-refractivity contribution in [3.63, 3.8) is 0 Å². The van der Waals surface area contributed by atoms with Gasteiger partial charge in [0.15, 0.2) is 0 Å². The molecule has 17 heavy (non-hydrogen) atoms. The molecule has 96 valence electrons. The smallest absolute Gasteiger partial charge is 0.224 e. The molecule has 0 fully saturated rings. The fourth-order valence-electron chi connectivity index (χ4n) is 1.64. The Balaban J connectivity index is 2.96. The van der Waals surface area contributed by atoms with Crippen molar-refractivity contribution in [3.8, 4) is 0 Å². The maximum absolute atomic E-state index is 5.13. The highest BCUT2D eigenvalue weighted by Gasteiger charge is 2.13. The quantitative estimate of drug-likeness (QED) is 0.817. The largest absolute Gasteiger partial charge is 0.383 e. The van der Waals surface area contributed by atoms with E-state index in [-0.39, 0.29) is 0 Å². The number of nitrogens with zero attached hydrogens (tertiary/aromatic N) is 3. The predicted octanol–water partition coefficient (Wildman–Crippen LogP) is 1.69. The maximum Gasteiger partial charge on any atom is 0.224 e. The van der Waals surface area contributed by atoms with E-state index in [2.05, 4.69) is 34.0 Å². The molecule has 0 aromatic carbocycles. The first-order chi connectivity index (χ1) is 8.08. The van der Waals surface area contributed by atoms with Gasteiger partial charge < -0.3 is 15.0 Å². The topological polar surface area (TPSA) is 50.3 Å². The third kappa shape index (κ3) is 3.85. The summed E-state index contributed by atoms with van der Waals surface area (Å²) in [6, 6.07) is 2.38. The summed E-state index contributed by atoms with van der Waals surface area (Å²) in [5.41, 5.74) is 0.961. The van der Waals surface area contributed by atoms with Gasteiger partial charge >= 0.3 is 0 Å². The molecule has 1 aromatic rings. The van der Waals surface area contributed by atoms with E-state index in [9.17, 15) is 0 Å². The first-order valence-corrected chi connectivity index (χ1v) is 5.87. The van der Waals surface area contributed by atoms with Gasteiger partial charge in [0.25, 0.3) is 0 Å². The Morgan fingerprint density at radius 1 is 1.41 bits per heavy atom. The zero-order valence-electron chi connectivity index (χ0n) is 11.3. The number of nitrogens with one attached hydrogen (secondary N) is 1. The fourth-order valence-corrected chi connectivity index (χ4v) is 1.64. The minimum Gasteiger partial charge on any atom is -0.383 e. The minimum absolute atomic E-state index is 0.379. The average Bonchev–Trinajstić information content (AvgIpc) is 2.28. The van der Waals surface area contributed by atoms with Crippen molar-refractivity contribution in [1.29, 1.82) is 0 Å². The summed E-state index contributed by atoms with van der Waals surface area (Å²) in [5, 5.41) is 2.98. The van der Waals surface area contributed by atoms with Gasteiger partial charge in [-0.3, -0.25) is 0 Å². The average molecular weight is 238 g/mol. The Bertz CT molecular complexity index is 354. The van der Waals surface area contributed by atoms with Crippen molar-refractivity contribution in [2.45, 2.75) is 26.8 Å². The van der Waals surface area contributed by atoms with Gasteiger partial charge in [0, 0.05) is 38.5 Å². The van der Waals surface area contributed by atoms with E-state index >= 15 is 0 Å². The number of hydrogen-bond donors (Lipinski definition) is 1. The molecule has 1 aromatic heterocycles. The normalized spacial score (nSPS) is 10.7. The summed E-state index contributed by atoms with van der Waals surface area (Å²) >= 11 is 0. The number of ether oxygens (including phenoxy) is 1. The van der Waals surface area contributed by atoms with E-state index in [1.165, 1.54) is 0 Å². The van der Waals surface area contributed by atoms with Crippen molar-refractivity contribution in [1.82, 2.24) is 9.97 Å². The first kappa shape index (κ1) is 13.7. The molecule has 0 radical (unpaired) electrons. The Morgan fingerprint density at radius 2 is 2.12 bits per heavy atom. The summed E-state index contributed by atoms with van der Waals surface area (Å²) in [6.07, 6.45) is 0. The van der Waals surface area contributed by atoms with Crippen molar-refractivity contribution >= 4 is 11.8 Å². The molecule has 5 nitrogen and oxygen atoms in total. The van der Waals surface area contributed by atoms with Crippen molar-refractivity contribution in [2.24, 2.45) is 0 Å². The van der Waals surface area contributed by atoms with Crippen LogP contribution < -0.4 is 10.2 Å². The zero-order valence-corrected chi connectivity index (χ0v) is 11.3. The molecule has 0 bridgehead atoms. The molecule has 0 aliphatic carbocycles. The lowest BCUT2D eigenvalue weighted by Gasteiger charge is -2.28. The van der Waals surface area contributed by atoms with Crippen LogP contribution in [-0.4, -0.2) is 43.3 Å². The Kier molecular flexibility index (Phi) is 5.15. The molecule has 0 unspecified atom stereocenters. The van der Waals surface area contributed by atoms with Crippen LogP contribution in [-0.2, 0) is 4.74 Å². The van der Waals surface area contributed by atoms with E-state index in [0.29, 0.717) is 18.6 Å². The second-order valence-corrected chi connectivity index (χ2v) is 4.22. The molecule has 0 aliphatic rings. The number of aromatic nitrogens is 2. The molecule has 1 rings (SSSR count). The standard InChI is InChI=1S/C12H22N4O/c1-9(2)16(6-7-17-5)11-8-10(3)14-12(13-4)15-11/h8-9H,6-7H2,1-5H3,(H,13,14,15). The molecule has 1 N–H and O–H groups in total. The summed E-state index contributed by atoms with van der Waals surface area (Å²) in [5.74, 6) is 1.59.